The van der Waals surface area contributed by atoms with Crippen LogP contribution in [0.1, 0.15) is 12.5 Å². The Morgan fingerprint density at radius 1 is 1.23 bits per heavy atom. The predicted molar refractivity (Wildman–Crippen MR) is 108 cm³/mol. The van der Waals surface area contributed by atoms with Crippen LogP contribution in [0.3, 0.4) is 0 Å². The molecule has 0 saturated carbocycles. The molecule has 2 aliphatic rings. The molecule has 0 spiro atoms. The highest BCUT2D eigenvalue weighted by Gasteiger charge is 2.50. The number of ether oxygens (including phenoxy) is 1. The summed E-state index contributed by atoms with van der Waals surface area (Å²) < 4.78 is 18.3. The van der Waals surface area contributed by atoms with Crippen molar-refractivity contribution in [3.05, 3.63) is 35.6 Å². The summed E-state index contributed by atoms with van der Waals surface area (Å²) in [5.41, 5.74) is -1.41. The lowest BCUT2D eigenvalue weighted by atomic mass is 9.91. The monoisotopic (exact) mass is 437 g/mol. The van der Waals surface area contributed by atoms with Gasteiger partial charge in [0.25, 0.3) is 11.8 Å². The summed E-state index contributed by atoms with van der Waals surface area (Å²) in [6.07, 6.45) is -1.17. The van der Waals surface area contributed by atoms with Crippen molar-refractivity contribution in [2.45, 2.75) is 31.3 Å². The van der Waals surface area contributed by atoms with Crippen molar-refractivity contribution in [1.29, 1.82) is 0 Å². The van der Waals surface area contributed by atoms with Gasteiger partial charge in [0, 0.05) is 32.7 Å². The number of carbonyl (C=O) groups excluding carboxylic acids is 3. The predicted octanol–water partition coefficient (Wildman–Crippen LogP) is -1.94. The number of nitrogens with one attached hydrogen (secondary N) is 4. The van der Waals surface area contributed by atoms with Gasteiger partial charge in [-0.2, -0.15) is 0 Å². The van der Waals surface area contributed by atoms with Crippen molar-refractivity contribution in [2.24, 2.45) is 0 Å². The van der Waals surface area contributed by atoms with Crippen molar-refractivity contribution >= 4 is 17.7 Å². The van der Waals surface area contributed by atoms with Crippen LogP contribution in [0, 0.1) is 5.82 Å². The van der Waals surface area contributed by atoms with Crippen LogP contribution in [0.5, 0.6) is 0 Å². The van der Waals surface area contributed by atoms with Crippen LogP contribution < -0.4 is 21.3 Å². The van der Waals surface area contributed by atoms with Gasteiger partial charge in [-0.25, -0.2) is 4.39 Å². The molecule has 1 aromatic carbocycles. The van der Waals surface area contributed by atoms with Gasteiger partial charge in [-0.3, -0.25) is 24.6 Å². The van der Waals surface area contributed by atoms with E-state index in [-0.39, 0.29) is 6.54 Å². The summed E-state index contributed by atoms with van der Waals surface area (Å²) in [6, 6.07) is 4.21. The highest BCUT2D eigenvalue weighted by Crippen LogP contribution is 2.16. The molecule has 1 aromatic rings. The van der Waals surface area contributed by atoms with E-state index >= 15 is 0 Å². The van der Waals surface area contributed by atoms with E-state index in [9.17, 15) is 23.9 Å². The third-order valence-corrected chi connectivity index (χ3v) is 5.37. The average molecular weight is 437 g/mol. The summed E-state index contributed by atoms with van der Waals surface area (Å²) in [5, 5.41) is 20.9. The third-order valence-electron chi connectivity index (χ3n) is 5.37. The Balaban J connectivity index is 1.54. The first-order chi connectivity index (χ1) is 14.8. The number of halogens is 1. The Morgan fingerprint density at radius 3 is 2.58 bits per heavy atom. The van der Waals surface area contributed by atoms with E-state index < -0.39 is 41.3 Å². The Kier molecular flexibility index (Phi) is 7.55. The van der Waals surface area contributed by atoms with Crippen molar-refractivity contribution in [1.82, 2.24) is 26.2 Å². The molecular weight excluding hydrogens is 409 g/mol. The second kappa shape index (κ2) is 10.1. The second-order valence-electron chi connectivity index (χ2n) is 7.74. The maximum Gasteiger partial charge on any atom is 0.257 e. The van der Waals surface area contributed by atoms with E-state index in [4.69, 9.17) is 4.74 Å². The van der Waals surface area contributed by atoms with Gasteiger partial charge in [0.15, 0.2) is 11.8 Å². The maximum absolute atomic E-state index is 13.0. The molecule has 10 nitrogen and oxygen atoms in total. The summed E-state index contributed by atoms with van der Waals surface area (Å²) >= 11 is 0. The Bertz CT molecular complexity index is 798. The number of carbonyl (C=O) groups is 3. The fourth-order valence-corrected chi connectivity index (χ4v) is 3.41. The highest BCUT2D eigenvalue weighted by atomic mass is 19.1. The van der Waals surface area contributed by atoms with Gasteiger partial charge in [0.05, 0.1) is 13.2 Å². The summed E-state index contributed by atoms with van der Waals surface area (Å²) in [7, 11) is 0. The third kappa shape index (κ3) is 5.97. The molecule has 0 aromatic heterocycles. The summed E-state index contributed by atoms with van der Waals surface area (Å²) in [5.74, 6) is -2.39. The van der Waals surface area contributed by atoms with Gasteiger partial charge in [-0.15, -0.1) is 0 Å². The number of nitrogens with zero attached hydrogens (tertiary/aromatic N) is 1. The van der Waals surface area contributed by atoms with Gasteiger partial charge in [-0.1, -0.05) is 12.1 Å². The van der Waals surface area contributed by atoms with Gasteiger partial charge in [-0.05, 0) is 24.6 Å². The summed E-state index contributed by atoms with van der Waals surface area (Å²) in [4.78, 5) is 39.6. The Morgan fingerprint density at radius 2 is 1.90 bits per heavy atom. The molecule has 0 aliphatic carbocycles. The van der Waals surface area contributed by atoms with Crippen LogP contribution >= 0.6 is 0 Å². The largest absolute Gasteiger partial charge is 0.379 e. The smallest absolute Gasteiger partial charge is 0.257 e. The zero-order valence-corrected chi connectivity index (χ0v) is 17.3. The van der Waals surface area contributed by atoms with E-state index in [1.165, 1.54) is 31.2 Å². The molecular formula is C20H28FN5O5. The standard InChI is InChI=1S/C20H28FN5O5/c1-20(30)15(17(27)23-12-13-2-4-14(21)5-3-13)24-16(25-19(20)29)18(28)22-6-7-26-8-10-31-11-9-26/h2-5,15-16,24,30H,6-12H2,1H3,(H,22,28)(H,23,27)(H,25,29). The highest BCUT2D eigenvalue weighted by molar-refractivity contribution is 5.99. The van der Waals surface area contributed by atoms with Crippen molar-refractivity contribution < 1.29 is 28.6 Å². The van der Waals surface area contributed by atoms with Crippen LogP contribution in [0.2, 0.25) is 0 Å². The van der Waals surface area contributed by atoms with E-state index in [1.54, 1.807) is 0 Å². The number of amides is 3. The molecule has 31 heavy (non-hydrogen) atoms. The quantitative estimate of drug-likeness (QED) is 0.335. The van der Waals surface area contributed by atoms with E-state index in [2.05, 4.69) is 26.2 Å². The minimum absolute atomic E-state index is 0.0748. The van der Waals surface area contributed by atoms with Gasteiger partial charge < -0.3 is 25.8 Å². The van der Waals surface area contributed by atoms with E-state index in [1.807, 2.05) is 0 Å². The topological polar surface area (TPSA) is 132 Å². The van der Waals surface area contributed by atoms with E-state index in [0.29, 0.717) is 31.9 Å². The van der Waals surface area contributed by atoms with Crippen LogP contribution in [0.4, 0.5) is 4.39 Å². The minimum atomic E-state index is -2.06. The lowest BCUT2D eigenvalue weighted by Gasteiger charge is -2.39. The fourth-order valence-electron chi connectivity index (χ4n) is 3.41. The number of hydrogen-bond acceptors (Lipinski definition) is 7. The Labute approximate surface area is 179 Å². The fraction of sp³-hybridized carbons (Fsp3) is 0.550. The van der Waals surface area contributed by atoms with Gasteiger partial charge in [0.2, 0.25) is 5.91 Å². The van der Waals surface area contributed by atoms with E-state index in [0.717, 1.165) is 13.1 Å². The molecule has 0 radical (unpaired) electrons. The number of benzene rings is 1. The molecule has 2 fully saturated rings. The molecule has 3 rings (SSSR count). The first-order valence-corrected chi connectivity index (χ1v) is 10.2. The molecule has 3 unspecified atom stereocenters. The van der Waals surface area contributed by atoms with Crippen molar-refractivity contribution in [3.8, 4) is 0 Å². The van der Waals surface area contributed by atoms with Crippen molar-refractivity contribution in [2.75, 3.05) is 39.4 Å². The normalized spacial score (nSPS) is 26.7. The second-order valence-corrected chi connectivity index (χ2v) is 7.74. The van der Waals surface area contributed by atoms with Crippen LogP contribution in [0.25, 0.3) is 0 Å². The molecule has 2 saturated heterocycles. The zero-order chi connectivity index (χ0) is 22.4. The molecule has 0 bridgehead atoms. The molecule has 170 valence electrons. The zero-order valence-electron chi connectivity index (χ0n) is 17.3. The molecule has 11 heteroatoms. The lowest BCUT2D eigenvalue weighted by molar-refractivity contribution is -0.155. The van der Waals surface area contributed by atoms with Crippen LogP contribution in [-0.2, 0) is 25.7 Å². The summed E-state index contributed by atoms with van der Waals surface area (Å²) in [6.45, 7) is 5.14. The maximum atomic E-state index is 13.0. The van der Waals surface area contributed by atoms with Crippen LogP contribution in [-0.4, -0.2) is 84.9 Å². The first-order valence-electron chi connectivity index (χ1n) is 10.2. The number of aliphatic hydroxyl groups is 1. The number of rotatable bonds is 7. The van der Waals surface area contributed by atoms with Gasteiger partial charge >= 0.3 is 0 Å². The van der Waals surface area contributed by atoms with Crippen LogP contribution in [0.15, 0.2) is 24.3 Å². The number of hydrogen-bond donors (Lipinski definition) is 5. The SMILES string of the molecule is CC1(O)C(=O)NC(C(=O)NCCN2CCOCC2)NC1C(=O)NCc1ccc(F)cc1. The Hall–Kier alpha value is -2.60. The molecule has 3 amide bonds. The molecule has 3 atom stereocenters. The molecule has 2 heterocycles. The first kappa shape index (κ1) is 23.1. The van der Waals surface area contributed by atoms with Gasteiger partial charge in [0.1, 0.15) is 11.9 Å². The number of morpholine rings is 1. The van der Waals surface area contributed by atoms with Crippen molar-refractivity contribution in [3.63, 3.8) is 0 Å². The lowest BCUT2D eigenvalue weighted by Crippen LogP contribution is -2.75. The molecule has 5 N–H and O–H groups in total. The minimum Gasteiger partial charge on any atom is -0.379 e. The molecule has 2 aliphatic heterocycles. The average Bonchev–Trinajstić information content (AvgIpc) is 2.75.